The van der Waals surface area contributed by atoms with Crippen LogP contribution in [0.4, 0.5) is 15.3 Å². The highest BCUT2D eigenvalue weighted by Gasteiger charge is 2.41. The minimum absolute atomic E-state index is 0.00771. The highest BCUT2D eigenvalue weighted by Crippen LogP contribution is 2.50. The highest BCUT2D eigenvalue weighted by atomic mass is 16.7. The van der Waals surface area contributed by atoms with Crippen molar-refractivity contribution in [3.8, 4) is 11.5 Å². The molecule has 63 heavy (non-hydrogen) atoms. The maximum Gasteiger partial charge on any atom is 0.407 e. The summed E-state index contributed by atoms with van der Waals surface area (Å²) in [7, 11) is 1.29. The van der Waals surface area contributed by atoms with E-state index in [1.807, 2.05) is 56.9 Å². The van der Waals surface area contributed by atoms with Crippen molar-refractivity contribution >= 4 is 51.8 Å². The molecule has 5 N–H and O–H groups in total. The largest absolute Gasteiger partial charge is 0.465 e. The first kappa shape index (κ1) is 41.8. The predicted octanol–water partition coefficient (Wildman–Crippen LogP) is 7.25. The van der Waals surface area contributed by atoms with Crippen LogP contribution >= 0.6 is 0 Å². The Bertz CT molecular complexity index is 2550. The van der Waals surface area contributed by atoms with Gasteiger partial charge in [-0.2, -0.15) is 0 Å². The molecular formula is C46H55N9O8. The average molecular weight is 862 g/mol. The Labute approximate surface area is 364 Å². The fourth-order valence-corrected chi connectivity index (χ4v) is 10.0. The van der Waals surface area contributed by atoms with Crippen LogP contribution in [0.2, 0.25) is 0 Å². The zero-order valence-electron chi connectivity index (χ0n) is 36.2. The van der Waals surface area contributed by atoms with Crippen LogP contribution < -0.4 is 25.0 Å². The van der Waals surface area contributed by atoms with E-state index < -0.39 is 24.3 Å². The third-order valence-electron chi connectivity index (χ3n) is 13.2. The minimum Gasteiger partial charge on any atom is -0.465 e. The van der Waals surface area contributed by atoms with Crippen molar-refractivity contribution in [1.82, 2.24) is 40.4 Å². The Balaban J connectivity index is 1.01. The monoisotopic (exact) mass is 861 g/mol. The van der Waals surface area contributed by atoms with Crippen molar-refractivity contribution in [2.75, 3.05) is 31.9 Å². The van der Waals surface area contributed by atoms with Crippen molar-refractivity contribution < 1.29 is 38.5 Å². The lowest BCUT2D eigenvalue weighted by molar-refractivity contribution is -0.136. The summed E-state index contributed by atoms with van der Waals surface area (Å²) in [6, 6.07) is 16.6. The number of carbonyl (C=O) groups is 4. The van der Waals surface area contributed by atoms with Gasteiger partial charge in [0.2, 0.25) is 18.6 Å². The van der Waals surface area contributed by atoms with Crippen LogP contribution in [-0.2, 0) is 14.3 Å². The molecule has 3 fully saturated rings. The molecule has 2 aromatic heterocycles. The van der Waals surface area contributed by atoms with Gasteiger partial charge in [-0.05, 0) is 97.9 Å². The number of hydrogen-bond donors (Lipinski definition) is 5. The number of alkyl carbamates (subject to hydrolysis) is 1. The van der Waals surface area contributed by atoms with Gasteiger partial charge < -0.3 is 54.6 Å². The third-order valence-corrected chi connectivity index (χ3v) is 13.2. The number of fused-ring (bicyclic) bond motifs is 3. The number of benzene rings is 3. The maximum atomic E-state index is 13.9. The highest BCUT2D eigenvalue weighted by molar-refractivity contribution is 5.87. The molecule has 3 aromatic carbocycles. The summed E-state index contributed by atoms with van der Waals surface area (Å²) >= 11 is 0. The summed E-state index contributed by atoms with van der Waals surface area (Å²) in [4.78, 5) is 74.4. The first-order valence-corrected chi connectivity index (χ1v) is 22.0. The van der Waals surface area contributed by atoms with Crippen LogP contribution in [0, 0.1) is 11.8 Å². The number of H-pyrrole nitrogens is 2. The molecule has 9 rings (SSSR count). The lowest BCUT2D eigenvalue weighted by Crippen LogP contribution is -2.51. The SMILES string of the molecule is COC(=O)N[C@H](C(=O)N1CCC[C@H]1c1nc2ccc([C@H]3CC[C@H](c4ccc5nc([C@@H]6CCCN6C(=O)[C@@H](NC(=O)O)C(C)C)[nH]c5c4)N3c3ccc4c(c3)OCO4)cc2[nH]1)C(C)C. The van der Waals surface area contributed by atoms with Crippen molar-refractivity contribution in [3.63, 3.8) is 0 Å². The number of nitrogens with zero attached hydrogens (tertiary/aromatic N) is 5. The quantitative estimate of drug-likeness (QED) is 0.0894. The van der Waals surface area contributed by atoms with Crippen LogP contribution in [0.3, 0.4) is 0 Å². The van der Waals surface area contributed by atoms with Gasteiger partial charge in [-0.25, -0.2) is 19.6 Å². The number of amides is 4. The second kappa shape index (κ2) is 17.0. The first-order valence-electron chi connectivity index (χ1n) is 22.0. The summed E-state index contributed by atoms with van der Waals surface area (Å²) in [6.07, 6.45) is 2.98. The number of ether oxygens (including phenoxy) is 3. The van der Waals surface area contributed by atoms with Crippen molar-refractivity contribution in [2.24, 2.45) is 11.8 Å². The number of likely N-dealkylation sites (tertiary alicyclic amines) is 2. The Morgan fingerprint density at radius 1 is 0.698 bits per heavy atom. The summed E-state index contributed by atoms with van der Waals surface area (Å²) in [5, 5.41) is 14.6. The van der Waals surface area contributed by atoms with Gasteiger partial charge in [0.05, 0.1) is 53.3 Å². The lowest BCUT2D eigenvalue weighted by atomic mass is 10.0. The molecule has 17 heteroatoms. The molecule has 4 aliphatic heterocycles. The van der Waals surface area contributed by atoms with Crippen molar-refractivity contribution in [3.05, 3.63) is 77.4 Å². The third kappa shape index (κ3) is 7.93. The molecule has 6 atom stereocenters. The first-order chi connectivity index (χ1) is 30.4. The zero-order chi connectivity index (χ0) is 44.1. The van der Waals surface area contributed by atoms with E-state index in [0.29, 0.717) is 30.4 Å². The Morgan fingerprint density at radius 2 is 1.22 bits per heavy atom. The number of rotatable bonds is 11. The number of imidazole rings is 2. The number of aromatic amines is 2. The molecule has 0 radical (unpaired) electrons. The summed E-state index contributed by atoms with van der Waals surface area (Å²) in [5.41, 5.74) is 6.58. The second-order valence-electron chi connectivity index (χ2n) is 17.8. The molecule has 0 aliphatic carbocycles. The Hall–Kier alpha value is -6.52. The van der Waals surface area contributed by atoms with Gasteiger partial charge in [-0.15, -0.1) is 0 Å². The predicted molar refractivity (Wildman–Crippen MR) is 233 cm³/mol. The van der Waals surface area contributed by atoms with E-state index in [0.717, 1.165) is 83.2 Å². The van der Waals surface area contributed by atoms with E-state index in [1.165, 1.54) is 7.11 Å². The molecule has 0 unspecified atom stereocenters. The molecule has 5 aromatic rings. The van der Waals surface area contributed by atoms with Crippen LogP contribution in [-0.4, -0.2) is 97.9 Å². The van der Waals surface area contributed by atoms with Gasteiger partial charge >= 0.3 is 12.2 Å². The molecule has 0 saturated carbocycles. The maximum absolute atomic E-state index is 13.9. The Morgan fingerprint density at radius 3 is 1.73 bits per heavy atom. The van der Waals surface area contributed by atoms with Gasteiger partial charge in [0.15, 0.2) is 11.5 Å². The van der Waals surface area contributed by atoms with Crippen LogP contribution in [0.25, 0.3) is 22.1 Å². The fourth-order valence-electron chi connectivity index (χ4n) is 10.0. The zero-order valence-corrected chi connectivity index (χ0v) is 36.2. The normalized spacial score (nSPS) is 21.8. The number of carboxylic acid groups (broad SMARTS) is 1. The lowest BCUT2D eigenvalue weighted by Gasteiger charge is -2.33. The van der Waals surface area contributed by atoms with E-state index in [1.54, 1.807) is 4.90 Å². The summed E-state index contributed by atoms with van der Waals surface area (Å²) < 4.78 is 16.4. The molecule has 332 valence electrons. The number of anilines is 1. The van der Waals surface area contributed by atoms with E-state index in [2.05, 4.69) is 55.8 Å². The minimum atomic E-state index is -1.22. The van der Waals surface area contributed by atoms with Gasteiger partial charge in [0.25, 0.3) is 0 Å². The van der Waals surface area contributed by atoms with Crippen molar-refractivity contribution in [1.29, 1.82) is 0 Å². The number of hydrogen-bond acceptors (Lipinski definition) is 10. The number of carbonyl (C=O) groups excluding carboxylic acids is 3. The average Bonchev–Trinajstić information content (AvgIpc) is 4.12. The van der Waals surface area contributed by atoms with E-state index in [4.69, 9.17) is 24.2 Å². The molecule has 17 nitrogen and oxygen atoms in total. The van der Waals surface area contributed by atoms with Gasteiger partial charge in [-0.3, -0.25) is 9.59 Å². The fraction of sp³-hybridized carbons (Fsp3) is 0.478. The summed E-state index contributed by atoms with van der Waals surface area (Å²) in [5.74, 6) is 2.09. The molecule has 0 bridgehead atoms. The van der Waals surface area contributed by atoms with Crippen LogP contribution in [0.1, 0.15) is 113 Å². The van der Waals surface area contributed by atoms with Gasteiger partial charge in [0, 0.05) is 24.8 Å². The topological polar surface area (TPSA) is 207 Å². The molecule has 6 heterocycles. The molecule has 4 aliphatic rings. The van der Waals surface area contributed by atoms with Gasteiger partial charge in [0.1, 0.15) is 23.7 Å². The van der Waals surface area contributed by atoms with Crippen molar-refractivity contribution in [2.45, 2.75) is 102 Å². The number of aromatic nitrogens is 4. The molecule has 0 spiro atoms. The number of nitrogens with one attached hydrogen (secondary N) is 4. The standard InChI is InChI=1S/C46H55N9O8/c1-24(2)39(51-45(58)59)43(56)53-18-6-8-35(53)41-47-29-13-10-26(20-31(29)49-41)33-15-16-34(55(33)28-12-17-37-38(22-28)63-23-62-37)27-11-14-30-32(21-27)50-42(48-30)36-9-7-19-54(36)44(57)40(25(3)4)52-46(60)61-5/h10-14,17,20-22,24-25,33-36,39-40,51H,6-9,15-16,18-19,23H2,1-5H3,(H,47,49)(H,48,50)(H,52,60)(H,58,59)/t33-,34-,35+,36+,39+,40+/m1/s1. The molecule has 4 amide bonds. The molecule has 3 saturated heterocycles. The summed E-state index contributed by atoms with van der Waals surface area (Å²) in [6.45, 7) is 8.76. The number of methoxy groups -OCH3 is 1. The second-order valence-corrected chi connectivity index (χ2v) is 17.8. The Kier molecular flexibility index (Phi) is 11.3. The smallest absolute Gasteiger partial charge is 0.407 e. The van der Waals surface area contributed by atoms with E-state index >= 15 is 0 Å². The molecular weight excluding hydrogens is 807 g/mol. The van der Waals surface area contributed by atoms with Crippen LogP contribution in [0.15, 0.2) is 54.6 Å². The van der Waals surface area contributed by atoms with Gasteiger partial charge in [-0.1, -0.05) is 39.8 Å². The van der Waals surface area contributed by atoms with E-state index in [-0.39, 0.29) is 54.6 Å². The van der Waals surface area contributed by atoms with Crippen LogP contribution in [0.5, 0.6) is 11.5 Å². The van der Waals surface area contributed by atoms with E-state index in [9.17, 15) is 24.3 Å².